The number of H-pyrrole nitrogens is 1. The minimum atomic E-state index is -1.07. The summed E-state index contributed by atoms with van der Waals surface area (Å²) in [6.45, 7) is 9.75. The SMILES string of the molecule is CC(C)(N)C(=O)N[C@@H]1CCc2sccc2N(Cc2ccc(-c3ccccc3-c3nnn[nH]3)cc2)C1=O.CCNC(=O)c1ccccc1-c1ccc(CN2C(=O)[C@H](NC(=O)C(C)(C)N)CCc3sccc32)cc1. The van der Waals surface area contributed by atoms with E-state index >= 15 is 0 Å². The highest BCUT2D eigenvalue weighted by atomic mass is 32.1. The van der Waals surface area contributed by atoms with Crippen molar-refractivity contribution in [3.63, 3.8) is 0 Å². The Morgan fingerprint density at radius 1 is 0.653 bits per heavy atom. The number of nitrogens with zero attached hydrogens (tertiary/aromatic N) is 5. The van der Waals surface area contributed by atoms with Gasteiger partial charge in [0.15, 0.2) is 5.82 Å². The van der Waals surface area contributed by atoms with E-state index in [2.05, 4.69) is 36.6 Å². The van der Waals surface area contributed by atoms with E-state index in [4.69, 9.17) is 11.5 Å². The maximum absolute atomic E-state index is 13.6. The van der Waals surface area contributed by atoms with Crippen LogP contribution in [0.2, 0.25) is 0 Å². The minimum absolute atomic E-state index is 0.105. The lowest BCUT2D eigenvalue weighted by Gasteiger charge is -2.27. The van der Waals surface area contributed by atoms with Crippen molar-refractivity contribution in [1.29, 1.82) is 0 Å². The number of amides is 5. The Bertz CT molecular complexity index is 3050. The lowest BCUT2D eigenvalue weighted by atomic mass is 9.98. The Labute approximate surface area is 426 Å². The van der Waals surface area contributed by atoms with Gasteiger partial charge in [0.1, 0.15) is 12.1 Å². The van der Waals surface area contributed by atoms with Crippen LogP contribution in [0.25, 0.3) is 33.6 Å². The number of aromatic nitrogens is 4. The summed E-state index contributed by atoms with van der Waals surface area (Å²) in [5, 5.41) is 26.8. The molecule has 0 saturated carbocycles. The van der Waals surface area contributed by atoms with Crippen LogP contribution in [0.3, 0.4) is 0 Å². The molecule has 72 heavy (non-hydrogen) atoms. The summed E-state index contributed by atoms with van der Waals surface area (Å²) in [4.78, 5) is 70.5. The maximum Gasteiger partial charge on any atom is 0.251 e. The van der Waals surface area contributed by atoms with Gasteiger partial charge >= 0.3 is 0 Å². The number of anilines is 2. The predicted molar refractivity (Wildman–Crippen MR) is 283 cm³/mol. The highest BCUT2D eigenvalue weighted by molar-refractivity contribution is 7.10. The van der Waals surface area contributed by atoms with Crippen LogP contribution >= 0.6 is 22.7 Å². The fraction of sp³-hybridized carbons (Fsp3) is 0.296. The van der Waals surface area contributed by atoms with Gasteiger partial charge in [0.2, 0.25) is 23.6 Å². The molecule has 2 atom stereocenters. The molecule has 4 aromatic carbocycles. The smallest absolute Gasteiger partial charge is 0.251 e. The lowest BCUT2D eigenvalue weighted by Crippen LogP contribution is -2.56. The normalized spacial score (nSPS) is 15.8. The molecule has 2 aliphatic heterocycles. The zero-order valence-electron chi connectivity index (χ0n) is 40.9. The summed E-state index contributed by atoms with van der Waals surface area (Å²) in [6, 6.07) is 34.1. The third-order valence-corrected chi connectivity index (χ3v) is 14.4. The van der Waals surface area contributed by atoms with Crippen LogP contribution in [0.5, 0.6) is 0 Å². The van der Waals surface area contributed by atoms with Gasteiger partial charge in [-0.3, -0.25) is 24.0 Å². The van der Waals surface area contributed by atoms with Crippen LogP contribution in [0.4, 0.5) is 11.4 Å². The largest absolute Gasteiger partial charge is 0.352 e. The summed E-state index contributed by atoms with van der Waals surface area (Å²) in [5.74, 6) is -0.459. The summed E-state index contributed by atoms with van der Waals surface area (Å²) in [6.07, 6.45) is 2.50. The fourth-order valence-corrected chi connectivity index (χ4v) is 10.4. The number of carbonyl (C=O) groups is 5. The number of nitrogens with one attached hydrogen (secondary N) is 4. The van der Waals surface area contributed by atoms with E-state index in [9.17, 15) is 24.0 Å². The first-order valence-corrected chi connectivity index (χ1v) is 25.6. The summed E-state index contributed by atoms with van der Waals surface area (Å²) >= 11 is 3.25. The highest BCUT2D eigenvalue weighted by Crippen LogP contribution is 2.36. The number of thiophene rings is 2. The second kappa shape index (κ2) is 21.9. The molecular formula is C54H59N11O5S2. The molecule has 0 saturated heterocycles. The molecule has 3 aromatic heterocycles. The molecule has 16 nitrogen and oxygen atoms in total. The quantitative estimate of drug-likeness (QED) is 0.0682. The lowest BCUT2D eigenvalue weighted by molar-refractivity contribution is -0.130. The molecule has 5 heterocycles. The average Bonchev–Trinajstić information content (AvgIpc) is 4.16. The van der Waals surface area contributed by atoms with E-state index in [1.165, 1.54) is 0 Å². The molecule has 0 aliphatic carbocycles. The number of rotatable bonds is 13. The van der Waals surface area contributed by atoms with Crippen LogP contribution in [-0.4, -0.2) is 79.9 Å². The van der Waals surface area contributed by atoms with Crippen molar-refractivity contribution < 1.29 is 24.0 Å². The molecule has 0 radical (unpaired) electrons. The Morgan fingerprint density at radius 2 is 1.11 bits per heavy atom. The summed E-state index contributed by atoms with van der Waals surface area (Å²) in [5.41, 5.74) is 18.8. The zero-order chi connectivity index (χ0) is 51.2. The Kier molecular flexibility index (Phi) is 15.5. The van der Waals surface area contributed by atoms with Gasteiger partial charge in [0.25, 0.3) is 5.91 Å². The first kappa shape index (κ1) is 51.0. The molecule has 9 rings (SSSR count). The van der Waals surface area contributed by atoms with Crippen molar-refractivity contribution in [3.05, 3.63) is 146 Å². The molecule has 8 N–H and O–H groups in total. The maximum atomic E-state index is 13.6. The van der Waals surface area contributed by atoms with Gasteiger partial charge in [-0.05, 0) is 133 Å². The Hall–Kier alpha value is -7.38. The van der Waals surface area contributed by atoms with Crippen molar-refractivity contribution in [2.75, 3.05) is 16.3 Å². The standard InChI is InChI=1S/C28H32N4O3S.C26H27N7O2S/c1-4-30-25(33)21-8-6-5-7-20(21)19-11-9-18(10-12-19)17-32-23-15-16-36-24(23)14-13-22(26(32)34)31-27(35)28(2,3)29;1-26(2,27)25(35)28-20-11-12-22-21(13-14-36-22)33(24(20)34)15-16-7-9-17(10-8-16)18-5-3-4-6-19(18)23-29-31-32-30-23/h5-12,15-16,22H,4,13-14,17,29H2,1-3H3,(H,30,33)(H,31,35);3-10,13-14,20H,11-12,15,27H2,1-2H3,(H,28,35)(H,29,30,31,32)/t22-;20-/m11/s1. The van der Waals surface area contributed by atoms with Crippen LogP contribution in [0, 0.1) is 0 Å². The van der Waals surface area contributed by atoms with Gasteiger partial charge in [0.05, 0.1) is 35.5 Å². The van der Waals surface area contributed by atoms with Crippen LogP contribution in [0.1, 0.15) is 78.7 Å². The van der Waals surface area contributed by atoms with E-state index < -0.39 is 23.2 Å². The number of nitrogens with two attached hydrogens (primary N) is 2. The third-order valence-electron chi connectivity index (χ3n) is 12.5. The number of aryl methyl sites for hydroxylation is 2. The topological polar surface area (TPSA) is 234 Å². The zero-order valence-corrected chi connectivity index (χ0v) is 42.5. The first-order valence-electron chi connectivity index (χ1n) is 23.8. The summed E-state index contributed by atoms with van der Waals surface area (Å²) < 4.78 is 0. The summed E-state index contributed by atoms with van der Waals surface area (Å²) in [7, 11) is 0. The molecule has 0 fully saturated rings. The molecule has 7 aromatic rings. The molecule has 5 amide bonds. The van der Waals surface area contributed by atoms with Gasteiger partial charge in [-0.2, -0.15) is 0 Å². The second-order valence-electron chi connectivity index (χ2n) is 19.0. The van der Waals surface area contributed by atoms with Crippen LogP contribution in [0.15, 0.2) is 120 Å². The monoisotopic (exact) mass is 1010 g/mol. The van der Waals surface area contributed by atoms with E-state index in [-0.39, 0.29) is 29.5 Å². The van der Waals surface area contributed by atoms with Gasteiger partial charge in [-0.15, -0.1) is 27.8 Å². The van der Waals surface area contributed by atoms with Crippen molar-refractivity contribution in [2.45, 2.75) is 96.6 Å². The number of benzene rings is 4. The Balaban J connectivity index is 0.000000193. The molecule has 2 aliphatic rings. The first-order chi connectivity index (χ1) is 34.5. The van der Waals surface area contributed by atoms with Crippen molar-refractivity contribution in [1.82, 2.24) is 36.6 Å². The molecule has 0 unspecified atom stereocenters. The van der Waals surface area contributed by atoms with Crippen molar-refractivity contribution in [3.8, 4) is 33.6 Å². The van der Waals surface area contributed by atoms with E-state index in [1.807, 2.05) is 127 Å². The number of aromatic amines is 1. The number of hydrogen-bond donors (Lipinski definition) is 6. The van der Waals surface area contributed by atoms with Crippen LogP contribution < -0.4 is 37.2 Å². The second-order valence-corrected chi connectivity index (χ2v) is 21.0. The number of carbonyl (C=O) groups excluding carboxylic acids is 5. The van der Waals surface area contributed by atoms with Gasteiger partial charge < -0.3 is 37.2 Å². The minimum Gasteiger partial charge on any atom is -0.352 e. The van der Waals surface area contributed by atoms with Gasteiger partial charge in [-0.25, -0.2) is 5.10 Å². The van der Waals surface area contributed by atoms with Crippen LogP contribution in [-0.2, 0) is 45.1 Å². The molecule has 18 heteroatoms. The average molecular weight is 1010 g/mol. The molecule has 0 spiro atoms. The van der Waals surface area contributed by atoms with E-state index in [1.54, 1.807) is 60.2 Å². The number of hydrogen-bond acceptors (Lipinski definition) is 12. The molecular weight excluding hydrogens is 947 g/mol. The van der Waals surface area contributed by atoms with Crippen molar-refractivity contribution >= 4 is 63.6 Å². The van der Waals surface area contributed by atoms with Gasteiger partial charge in [0, 0.05) is 27.4 Å². The Morgan fingerprint density at radius 3 is 1.57 bits per heavy atom. The predicted octanol–water partition coefficient (Wildman–Crippen LogP) is 7.16. The number of fused-ring (bicyclic) bond motifs is 2. The van der Waals surface area contributed by atoms with E-state index in [0.717, 1.165) is 66.5 Å². The number of tetrazole rings is 1. The fourth-order valence-electron chi connectivity index (χ4n) is 8.56. The third kappa shape index (κ3) is 11.7. The van der Waals surface area contributed by atoms with Gasteiger partial charge in [-0.1, -0.05) is 91.0 Å². The van der Waals surface area contributed by atoms with Crippen molar-refractivity contribution in [2.24, 2.45) is 11.5 Å². The van der Waals surface area contributed by atoms with E-state index in [0.29, 0.717) is 50.3 Å². The molecule has 0 bridgehead atoms. The highest BCUT2D eigenvalue weighted by Gasteiger charge is 2.36. The molecule has 372 valence electrons.